The maximum absolute atomic E-state index is 13.3. The molecule has 2 aromatic rings. The third-order valence-corrected chi connectivity index (χ3v) is 6.46. The average molecular weight is 500 g/mol. The second kappa shape index (κ2) is 13.6. The summed E-state index contributed by atoms with van der Waals surface area (Å²) in [7, 11) is 2.12. The van der Waals surface area contributed by atoms with E-state index < -0.39 is 12.0 Å². The largest absolute Gasteiger partial charge is 0.480 e. The number of amides is 3. The first-order chi connectivity index (χ1) is 17.4. The number of para-hydroxylation sites is 1. The Hall–Kier alpha value is -3.40. The van der Waals surface area contributed by atoms with Crippen molar-refractivity contribution in [3.8, 4) is 0 Å². The number of aromatic nitrogens is 1. The van der Waals surface area contributed by atoms with Gasteiger partial charge in [0, 0.05) is 50.2 Å². The fourth-order valence-corrected chi connectivity index (χ4v) is 4.40. The van der Waals surface area contributed by atoms with Gasteiger partial charge in [0.2, 0.25) is 0 Å². The summed E-state index contributed by atoms with van der Waals surface area (Å²) in [5.74, 6) is -0.227. The molecule has 10 nitrogen and oxygen atoms in total. The van der Waals surface area contributed by atoms with Gasteiger partial charge in [-0.3, -0.25) is 9.59 Å². The van der Waals surface area contributed by atoms with Crippen LogP contribution in [0.1, 0.15) is 48.0 Å². The van der Waals surface area contributed by atoms with Crippen molar-refractivity contribution in [2.24, 2.45) is 0 Å². The molecule has 0 radical (unpaired) electrons. The number of nitrogens with zero attached hydrogens (tertiary/aromatic N) is 3. The number of rotatable bonds is 12. The summed E-state index contributed by atoms with van der Waals surface area (Å²) in [4.78, 5) is 44.6. The number of aliphatic carboxylic acids is 1. The Morgan fingerprint density at radius 1 is 0.917 bits per heavy atom. The van der Waals surface area contributed by atoms with Gasteiger partial charge >= 0.3 is 12.0 Å². The zero-order valence-corrected chi connectivity index (χ0v) is 21.3. The lowest BCUT2D eigenvalue weighted by molar-refractivity contribution is -0.135. The molecule has 2 heterocycles. The van der Waals surface area contributed by atoms with Crippen LogP contribution < -0.4 is 20.9 Å². The van der Waals surface area contributed by atoms with E-state index in [1.54, 1.807) is 0 Å². The molecule has 1 aromatic heterocycles. The Morgan fingerprint density at radius 2 is 1.56 bits per heavy atom. The predicted octanol–water partition coefficient (Wildman–Crippen LogP) is 2.36. The highest BCUT2D eigenvalue weighted by molar-refractivity contribution is 6.08. The molecule has 0 saturated carbocycles. The number of carboxylic acid groups (broad SMARTS) is 1. The van der Waals surface area contributed by atoms with Crippen LogP contribution in [0.4, 0.5) is 10.6 Å². The van der Waals surface area contributed by atoms with Crippen LogP contribution in [0, 0.1) is 6.92 Å². The van der Waals surface area contributed by atoms with Crippen molar-refractivity contribution in [3.63, 3.8) is 0 Å². The second-order valence-corrected chi connectivity index (χ2v) is 9.27. The normalized spacial score (nSPS) is 14.0. The quantitative estimate of drug-likeness (QED) is 0.261. The van der Waals surface area contributed by atoms with Crippen LogP contribution >= 0.6 is 0 Å². The highest BCUT2D eigenvalue weighted by Crippen LogP contribution is 2.29. The molecular weight excluding hydrogens is 461 g/mol. The molecule has 1 fully saturated rings. The van der Waals surface area contributed by atoms with E-state index in [4.69, 9.17) is 10.1 Å². The first-order valence-electron chi connectivity index (χ1n) is 12.7. The first kappa shape index (κ1) is 27.2. The molecule has 0 unspecified atom stereocenters. The van der Waals surface area contributed by atoms with Gasteiger partial charge in [-0.05, 0) is 32.9 Å². The monoisotopic (exact) mass is 499 g/mol. The Morgan fingerprint density at radius 3 is 2.25 bits per heavy atom. The zero-order valence-electron chi connectivity index (χ0n) is 21.3. The number of likely N-dealkylation sites (N-methyl/N-ethyl adjacent to an activating group) is 1. The van der Waals surface area contributed by atoms with Gasteiger partial charge in [-0.1, -0.05) is 37.5 Å². The van der Waals surface area contributed by atoms with Crippen molar-refractivity contribution in [2.45, 2.75) is 39.0 Å². The second-order valence-electron chi connectivity index (χ2n) is 9.27. The highest BCUT2D eigenvalue weighted by Gasteiger charge is 2.23. The van der Waals surface area contributed by atoms with E-state index in [0.717, 1.165) is 80.6 Å². The van der Waals surface area contributed by atoms with E-state index in [1.165, 1.54) is 0 Å². The maximum atomic E-state index is 13.3. The Balaban J connectivity index is 1.46. The standard InChI is InChI=1S/C26H38N6O4/c1-19-23(20-10-6-7-11-21(20)30-24(19)32-16-14-31(2)15-17-32)25(35)27-12-8-4-3-5-9-13-28-26(36)29-18-22(33)34/h6-7,10-11H,3-5,8-9,12-18H2,1-2H3,(H,27,35)(H,33,34)(H2,28,29,36)/i22+1. The number of fused-ring (bicyclic) bond motifs is 1. The summed E-state index contributed by atoms with van der Waals surface area (Å²) in [6.07, 6.45) is 4.64. The number of carbonyl (C=O) groups is 3. The molecule has 1 aliphatic heterocycles. The van der Waals surface area contributed by atoms with Gasteiger partial charge in [0.1, 0.15) is 12.4 Å². The third-order valence-electron chi connectivity index (χ3n) is 6.46. The number of unbranched alkanes of at least 4 members (excludes halogenated alkanes) is 4. The first-order valence-corrected chi connectivity index (χ1v) is 12.7. The van der Waals surface area contributed by atoms with Gasteiger partial charge in [-0.2, -0.15) is 0 Å². The molecule has 36 heavy (non-hydrogen) atoms. The van der Waals surface area contributed by atoms with Gasteiger partial charge in [0.15, 0.2) is 0 Å². The number of hydrogen-bond acceptors (Lipinski definition) is 6. The van der Waals surface area contributed by atoms with Crippen molar-refractivity contribution in [1.29, 1.82) is 0 Å². The van der Waals surface area contributed by atoms with Gasteiger partial charge in [-0.25, -0.2) is 9.78 Å². The minimum atomic E-state index is -1.07. The molecule has 4 N–H and O–H groups in total. The van der Waals surface area contributed by atoms with E-state index >= 15 is 0 Å². The highest BCUT2D eigenvalue weighted by atomic mass is 16.5. The van der Waals surface area contributed by atoms with Crippen molar-refractivity contribution < 1.29 is 19.5 Å². The fourth-order valence-electron chi connectivity index (χ4n) is 4.40. The maximum Gasteiger partial charge on any atom is 0.323 e. The van der Waals surface area contributed by atoms with Crippen LogP contribution in [-0.2, 0) is 4.79 Å². The molecule has 196 valence electrons. The average Bonchev–Trinajstić information content (AvgIpc) is 2.86. The molecule has 1 saturated heterocycles. The van der Waals surface area contributed by atoms with Crippen LogP contribution in [0.25, 0.3) is 10.9 Å². The van der Waals surface area contributed by atoms with Crippen LogP contribution in [0.2, 0.25) is 0 Å². The number of urea groups is 1. The summed E-state index contributed by atoms with van der Waals surface area (Å²) in [5.41, 5.74) is 2.48. The minimum Gasteiger partial charge on any atom is -0.480 e. The number of hydrogen-bond donors (Lipinski definition) is 4. The lowest BCUT2D eigenvalue weighted by atomic mass is 10.0. The van der Waals surface area contributed by atoms with E-state index in [9.17, 15) is 14.4 Å². The summed E-state index contributed by atoms with van der Waals surface area (Å²) >= 11 is 0. The molecule has 10 heteroatoms. The Labute approximate surface area is 212 Å². The smallest absolute Gasteiger partial charge is 0.323 e. The summed E-state index contributed by atoms with van der Waals surface area (Å²) < 4.78 is 0. The molecule has 3 amide bonds. The summed E-state index contributed by atoms with van der Waals surface area (Å²) in [6.45, 7) is 6.47. The van der Waals surface area contributed by atoms with Gasteiger partial charge < -0.3 is 30.9 Å². The van der Waals surface area contributed by atoms with Crippen molar-refractivity contribution in [1.82, 2.24) is 25.8 Å². The molecule has 0 aliphatic carbocycles. The van der Waals surface area contributed by atoms with Crippen molar-refractivity contribution in [2.75, 3.05) is 57.8 Å². The van der Waals surface area contributed by atoms with Crippen LogP contribution in [0.5, 0.6) is 0 Å². The number of carbonyl (C=O) groups excluding carboxylic acids is 2. The SMILES string of the molecule is Cc1c(N2CCN(C)CC2)nc2ccccc2c1C(=O)NCCCCCCCNC(=O)NC[13C](=O)O. The predicted molar refractivity (Wildman–Crippen MR) is 141 cm³/mol. The molecular formula is C26H38N6O4. The summed E-state index contributed by atoms with van der Waals surface area (Å²) in [5, 5.41) is 17.4. The van der Waals surface area contributed by atoms with Crippen LogP contribution in [-0.4, -0.2) is 85.8 Å². The molecule has 0 bridgehead atoms. The Kier molecular flexibility index (Phi) is 10.3. The zero-order chi connectivity index (χ0) is 25.9. The fraction of sp³-hybridized carbons (Fsp3) is 0.538. The topological polar surface area (TPSA) is 127 Å². The van der Waals surface area contributed by atoms with Crippen LogP contribution in [0.3, 0.4) is 0 Å². The Bertz CT molecular complexity index is 1050. The van der Waals surface area contributed by atoms with E-state index in [2.05, 4.69) is 32.8 Å². The van der Waals surface area contributed by atoms with Gasteiger partial charge in [-0.15, -0.1) is 0 Å². The van der Waals surface area contributed by atoms with E-state index in [1.807, 2.05) is 31.2 Å². The van der Waals surface area contributed by atoms with Gasteiger partial charge in [0.25, 0.3) is 5.91 Å². The molecule has 1 aromatic carbocycles. The lowest BCUT2D eigenvalue weighted by Gasteiger charge is -2.34. The van der Waals surface area contributed by atoms with Crippen molar-refractivity contribution in [3.05, 3.63) is 35.4 Å². The molecule has 0 atom stereocenters. The molecule has 0 spiro atoms. The number of pyridine rings is 1. The van der Waals surface area contributed by atoms with E-state index in [0.29, 0.717) is 18.7 Å². The van der Waals surface area contributed by atoms with Gasteiger partial charge in [0.05, 0.1) is 11.1 Å². The number of piperazine rings is 1. The number of benzene rings is 1. The summed E-state index contributed by atoms with van der Waals surface area (Å²) in [6, 6.07) is 7.37. The molecule has 1 aliphatic rings. The molecule has 3 rings (SSSR count). The third kappa shape index (κ3) is 7.81. The number of carboxylic acids is 1. The van der Waals surface area contributed by atoms with Crippen molar-refractivity contribution >= 4 is 34.6 Å². The lowest BCUT2D eigenvalue weighted by Crippen LogP contribution is -2.45. The van der Waals surface area contributed by atoms with Crippen LogP contribution in [0.15, 0.2) is 24.3 Å². The van der Waals surface area contributed by atoms with E-state index in [-0.39, 0.29) is 12.5 Å². The number of anilines is 1. The number of nitrogens with one attached hydrogen (secondary N) is 3. The minimum absolute atomic E-state index is 0.0574.